The smallest absolute Gasteiger partial charge is 0.00793 e. The zero-order valence-corrected chi connectivity index (χ0v) is 13.2. The average Bonchev–Trinajstić information content (AvgIpc) is 2.27. The molecule has 1 aliphatic rings. The van der Waals surface area contributed by atoms with Crippen LogP contribution >= 0.6 is 0 Å². The molecular weight excluding hydrogens is 208 g/mol. The Bertz CT molecular complexity index is 170. The van der Waals surface area contributed by atoms with Crippen LogP contribution in [0.25, 0.3) is 0 Å². The van der Waals surface area contributed by atoms with Crippen molar-refractivity contribution >= 4 is 0 Å². The van der Waals surface area contributed by atoms with Gasteiger partial charge in [-0.1, -0.05) is 27.7 Å². The van der Waals surface area contributed by atoms with Gasteiger partial charge < -0.3 is 9.80 Å². The van der Waals surface area contributed by atoms with Crippen molar-refractivity contribution in [2.45, 2.75) is 53.5 Å². The van der Waals surface area contributed by atoms with Crippen molar-refractivity contribution in [2.75, 3.05) is 33.7 Å². The summed E-state index contributed by atoms with van der Waals surface area (Å²) >= 11 is 0. The van der Waals surface area contributed by atoms with Crippen LogP contribution in [0, 0.1) is 11.8 Å². The van der Waals surface area contributed by atoms with Gasteiger partial charge in [0.1, 0.15) is 0 Å². The molecule has 0 saturated carbocycles. The van der Waals surface area contributed by atoms with E-state index in [1.165, 1.54) is 32.5 Å². The van der Waals surface area contributed by atoms with Gasteiger partial charge in [-0.25, -0.2) is 0 Å². The van der Waals surface area contributed by atoms with E-state index in [-0.39, 0.29) is 0 Å². The topological polar surface area (TPSA) is 6.48 Å². The fourth-order valence-electron chi connectivity index (χ4n) is 2.70. The van der Waals surface area contributed by atoms with Crippen molar-refractivity contribution in [1.29, 1.82) is 0 Å². The van der Waals surface area contributed by atoms with Crippen molar-refractivity contribution in [2.24, 2.45) is 11.8 Å². The van der Waals surface area contributed by atoms with Crippen LogP contribution in [0.1, 0.15) is 47.5 Å². The Hall–Kier alpha value is -0.0800. The van der Waals surface area contributed by atoms with E-state index >= 15 is 0 Å². The quantitative estimate of drug-likeness (QED) is 0.746. The second-order valence-electron chi connectivity index (χ2n) is 5.84. The highest BCUT2D eigenvalue weighted by Gasteiger charge is 2.24. The lowest BCUT2D eigenvalue weighted by molar-refractivity contribution is 0.0949. The molecule has 0 aromatic carbocycles. The largest absolute Gasteiger partial charge is 0.309 e. The summed E-state index contributed by atoms with van der Waals surface area (Å²) in [6, 6.07) is 0.748. The number of nitrogens with zero attached hydrogens (tertiary/aromatic N) is 2. The van der Waals surface area contributed by atoms with Gasteiger partial charge >= 0.3 is 0 Å². The first-order chi connectivity index (χ1) is 7.99. The summed E-state index contributed by atoms with van der Waals surface area (Å²) in [5.41, 5.74) is 0. The van der Waals surface area contributed by atoms with Gasteiger partial charge in [0.05, 0.1) is 0 Å². The maximum absolute atomic E-state index is 2.68. The van der Waals surface area contributed by atoms with Crippen LogP contribution in [0.15, 0.2) is 0 Å². The Labute approximate surface area is 109 Å². The molecular formula is C15H34N2. The minimum absolute atomic E-state index is 0.748. The van der Waals surface area contributed by atoms with Crippen molar-refractivity contribution in [3.8, 4) is 0 Å². The van der Waals surface area contributed by atoms with Crippen LogP contribution in [0.4, 0.5) is 0 Å². The monoisotopic (exact) mass is 242 g/mol. The number of piperidine rings is 1. The molecule has 0 aromatic heterocycles. The summed E-state index contributed by atoms with van der Waals surface area (Å²) in [5.74, 6) is 1.77. The first-order valence-corrected chi connectivity index (χ1v) is 7.37. The molecule has 0 N–H and O–H groups in total. The van der Waals surface area contributed by atoms with Crippen molar-refractivity contribution in [3.63, 3.8) is 0 Å². The molecule has 2 heteroatoms. The highest BCUT2D eigenvalue weighted by molar-refractivity contribution is 4.78. The molecule has 1 heterocycles. The standard InChI is InChI=1S/C13H28N2.C2H6/c1-11-8-12(2)10-15(9-11)13(3)6-7-14(4)5;1-2/h11-13H,6-10H2,1-5H3;1-2H3. The van der Waals surface area contributed by atoms with Gasteiger partial charge in [-0.15, -0.1) is 0 Å². The number of hydrogen-bond acceptors (Lipinski definition) is 2. The van der Waals surface area contributed by atoms with Crippen LogP contribution in [0.2, 0.25) is 0 Å². The fraction of sp³-hybridized carbons (Fsp3) is 1.00. The summed E-state index contributed by atoms with van der Waals surface area (Å²) in [6.07, 6.45) is 2.71. The van der Waals surface area contributed by atoms with Gasteiger partial charge in [-0.3, -0.25) is 0 Å². The molecule has 0 amide bonds. The lowest BCUT2D eigenvalue weighted by Gasteiger charge is -2.39. The van der Waals surface area contributed by atoms with Gasteiger partial charge in [0.25, 0.3) is 0 Å². The molecule has 0 radical (unpaired) electrons. The van der Waals surface area contributed by atoms with Crippen LogP contribution in [-0.4, -0.2) is 49.6 Å². The van der Waals surface area contributed by atoms with E-state index in [4.69, 9.17) is 0 Å². The van der Waals surface area contributed by atoms with Gasteiger partial charge in [0, 0.05) is 19.1 Å². The molecule has 1 saturated heterocycles. The summed E-state index contributed by atoms with van der Waals surface area (Å²) in [6.45, 7) is 15.0. The summed E-state index contributed by atoms with van der Waals surface area (Å²) in [5, 5.41) is 0. The van der Waals surface area contributed by atoms with Crippen LogP contribution in [0.3, 0.4) is 0 Å². The normalized spacial score (nSPS) is 27.5. The number of hydrogen-bond donors (Lipinski definition) is 0. The zero-order valence-electron chi connectivity index (χ0n) is 13.2. The molecule has 1 rings (SSSR count). The number of rotatable bonds is 4. The Morgan fingerprint density at radius 1 is 1.12 bits per heavy atom. The lowest BCUT2D eigenvalue weighted by atomic mass is 9.90. The van der Waals surface area contributed by atoms with E-state index in [2.05, 4.69) is 44.7 Å². The first kappa shape index (κ1) is 16.9. The van der Waals surface area contributed by atoms with E-state index in [0.29, 0.717) is 0 Å². The average molecular weight is 242 g/mol. The van der Waals surface area contributed by atoms with E-state index in [1.54, 1.807) is 0 Å². The van der Waals surface area contributed by atoms with Crippen LogP contribution in [-0.2, 0) is 0 Å². The van der Waals surface area contributed by atoms with E-state index in [0.717, 1.165) is 17.9 Å². The van der Waals surface area contributed by atoms with Gasteiger partial charge in [-0.05, 0) is 52.2 Å². The third-order valence-electron chi connectivity index (χ3n) is 3.51. The molecule has 17 heavy (non-hydrogen) atoms. The molecule has 3 atom stereocenters. The minimum Gasteiger partial charge on any atom is -0.309 e. The SMILES string of the molecule is CC.CC1CC(C)CN(C(C)CCN(C)C)C1. The summed E-state index contributed by atoms with van der Waals surface area (Å²) in [7, 11) is 4.32. The van der Waals surface area contributed by atoms with Crippen LogP contribution < -0.4 is 0 Å². The van der Waals surface area contributed by atoms with Crippen LogP contribution in [0.5, 0.6) is 0 Å². The molecule has 0 spiro atoms. The van der Waals surface area contributed by atoms with E-state index in [1.807, 2.05) is 13.8 Å². The highest BCUT2D eigenvalue weighted by atomic mass is 15.2. The van der Waals surface area contributed by atoms with Crippen molar-refractivity contribution in [1.82, 2.24) is 9.80 Å². The van der Waals surface area contributed by atoms with Crippen molar-refractivity contribution in [3.05, 3.63) is 0 Å². The molecule has 0 bridgehead atoms. The summed E-state index contributed by atoms with van der Waals surface area (Å²) in [4.78, 5) is 4.97. The Balaban J connectivity index is 0.00000121. The molecule has 1 fully saturated rings. The van der Waals surface area contributed by atoms with Gasteiger partial charge in [-0.2, -0.15) is 0 Å². The zero-order chi connectivity index (χ0) is 13.4. The summed E-state index contributed by atoms with van der Waals surface area (Å²) < 4.78 is 0. The molecule has 3 unspecified atom stereocenters. The van der Waals surface area contributed by atoms with Gasteiger partial charge in [0.15, 0.2) is 0 Å². The molecule has 1 aliphatic heterocycles. The van der Waals surface area contributed by atoms with Gasteiger partial charge in [0.2, 0.25) is 0 Å². The number of likely N-dealkylation sites (tertiary alicyclic amines) is 1. The maximum atomic E-state index is 2.68. The molecule has 0 aliphatic carbocycles. The lowest BCUT2D eigenvalue weighted by Crippen LogP contribution is -2.44. The second-order valence-corrected chi connectivity index (χ2v) is 5.84. The Morgan fingerprint density at radius 3 is 2.00 bits per heavy atom. The van der Waals surface area contributed by atoms with E-state index in [9.17, 15) is 0 Å². The Kier molecular flexibility index (Phi) is 8.89. The maximum Gasteiger partial charge on any atom is 0.00793 e. The fourth-order valence-corrected chi connectivity index (χ4v) is 2.70. The molecule has 0 aromatic rings. The Morgan fingerprint density at radius 2 is 1.59 bits per heavy atom. The third kappa shape index (κ3) is 7.05. The first-order valence-electron chi connectivity index (χ1n) is 7.37. The third-order valence-corrected chi connectivity index (χ3v) is 3.51. The van der Waals surface area contributed by atoms with Crippen molar-refractivity contribution < 1.29 is 0 Å². The van der Waals surface area contributed by atoms with E-state index < -0.39 is 0 Å². The predicted octanol–water partition coefficient (Wildman–Crippen LogP) is 3.33. The molecule has 2 nitrogen and oxygen atoms in total. The second kappa shape index (κ2) is 8.93. The predicted molar refractivity (Wildman–Crippen MR) is 78.5 cm³/mol. The highest BCUT2D eigenvalue weighted by Crippen LogP contribution is 2.23. The minimum atomic E-state index is 0.748. The molecule has 104 valence electrons.